The van der Waals surface area contributed by atoms with Crippen molar-refractivity contribution in [2.24, 2.45) is 0 Å². The number of halogens is 2. The lowest BCUT2D eigenvalue weighted by Crippen LogP contribution is -1.87. The van der Waals surface area contributed by atoms with Crippen LogP contribution in [0.5, 0.6) is 0 Å². The van der Waals surface area contributed by atoms with E-state index in [1.54, 1.807) is 12.3 Å². The Balaban J connectivity index is 2.71. The smallest absolute Gasteiger partial charge is 0.136 e. The summed E-state index contributed by atoms with van der Waals surface area (Å²) in [6.07, 6.45) is 1.61. The topological polar surface area (TPSA) is 36.9 Å². The summed E-state index contributed by atoms with van der Waals surface area (Å²) in [6, 6.07) is 9.59. The molecule has 0 saturated carbocycles. The predicted molar refractivity (Wildman–Crippen MR) is 69.3 cm³/mol. The monoisotopic (exact) mass is 373 g/mol. The van der Waals surface area contributed by atoms with E-state index in [4.69, 9.17) is 9.68 Å². The summed E-state index contributed by atoms with van der Waals surface area (Å²) in [6.45, 7) is 0. The second-order valence-electron chi connectivity index (χ2n) is 2.90. The number of furan rings is 1. The molecule has 0 spiro atoms. The molecule has 1 heterocycles. The number of hydrogen-bond donors (Lipinski definition) is 0. The molecule has 0 aliphatic rings. The number of nitriles is 1. The van der Waals surface area contributed by atoms with Gasteiger partial charge in [0.05, 0.1) is 17.9 Å². The first-order valence-electron chi connectivity index (χ1n) is 4.15. The molecule has 0 bridgehead atoms. The van der Waals surface area contributed by atoms with Crippen LogP contribution in [-0.4, -0.2) is 0 Å². The third-order valence-corrected chi connectivity index (χ3v) is 3.25. The van der Waals surface area contributed by atoms with Gasteiger partial charge >= 0.3 is 0 Å². The molecule has 2 aromatic rings. The van der Waals surface area contributed by atoms with Gasteiger partial charge in [-0.3, -0.25) is 0 Å². The van der Waals surface area contributed by atoms with Gasteiger partial charge in [0.25, 0.3) is 0 Å². The highest BCUT2D eigenvalue weighted by atomic mass is 127. The number of benzene rings is 1. The van der Waals surface area contributed by atoms with Gasteiger partial charge in [-0.1, -0.05) is 15.9 Å². The van der Waals surface area contributed by atoms with Crippen LogP contribution in [0.4, 0.5) is 0 Å². The molecule has 4 heteroatoms. The molecule has 15 heavy (non-hydrogen) atoms. The number of hydrogen-bond acceptors (Lipinski definition) is 2. The molecule has 0 N–H and O–H groups in total. The van der Waals surface area contributed by atoms with Crippen molar-refractivity contribution in [2.75, 3.05) is 0 Å². The van der Waals surface area contributed by atoms with Crippen LogP contribution in [0.3, 0.4) is 0 Å². The van der Waals surface area contributed by atoms with Crippen LogP contribution >= 0.6 is 38.5 Å². The fraction of sp³-hybridized carbons (Fsp3) is 0. The van der Waals surface area contributed by atoms with Gasteiger partial charge in [0.15, 0.2) is 0 Å². The standard InChI is InChI=1S/C11H5BrINO/c12-8-4-7(6-14)11(9(13)5-8)10-2-1-3-15-10/h1-5H. The molecular weight excluding hydrogens is 369 g/mol. The fourth-order valence-corrected chi connectivity index (χ4v) is 3.11. The zero-order valence-electron chi connectivity index (χ0n) is 7.50. The zero-order valence-corrected chi connectivity index (χ0v) is 11.2. The molecule has 0 fully saturated rings. The highest BCUT2D eigenvalue weighted by molar-refractivity contribution is 14.1. The summed E-state index contributed by atoms with van der Waals surface area (Å²) in [4.78, 5) is 0. The molecule has 74 valence electrons. The van der Waals surface area contributed by atoms with Gasteiger partial charge < -0.3 is 4.42 Å². The normalized spacial score (nSPS) is 9.93. The van der Waals surface area contributed by atoms with E-state index in [9.17, 15) is 0 Å². The Hall–Kier alpha value is -0.800. The first-order chi connectivity index (χ1) is 7.22. The van der Waals surface area contributed by atoms with Crippen LogP contribution in [0.2, 0.25) is 0 Å². The first kappa shape index (κ1) is 10.7. The molecular formula is C11H5BrINO. The molecule has 0 radical (unpaired) electrons. The maximum absolute atomic E-state index is 9.05. The summed E-state index contributed by atoms with van der Waals surface area (Å²) in [7, 11) is 0. The van der Waals surface area contributed by atoms with Gasteiger partial charge in [-0.2, -0.15) is 5.26 Å². The Morgan fingerprint density at radius 1 is 1.40 bits per heavy atom. The first-order valence-corrected chi connectivity index (χ1v) is 6.02. The van der Waals surface area contributed by atoms with E-state index in [0.717, 1.165) is 19.4 Å². The van der Waals surface area contributed by atoms with Gasteiger partial charge in [-0.25, -0.2) is 0 Å². The molecule has 0 atom stereocenters. The van der Waals surface area contributed by atoms with Crippen molar-refractivity contribution in [3.8, 4) is 17.4 Å². The van der Waals surface area contributed by atoms with E-state index in [2.05, 4.69) is 44.6 Å². The van der Waals surface area contributed by atoms with Gasteiger partial charge in [0.1, 0.15) is 5.76 Å². The van der Waals surface area contributed by atoms with Crippen molar-refractivity contribution < 1.29 is 4.42 Å². The summed E-state index contributed by atoms with van der Waals surface area (Å²) in [5, 5.41) is 9.05. The summed E-state index contributed by atoms with van der Waals surface area (Å²) < 4.78 is 7.21. The lowest BCUT2D eigenvalue weighted by atomic mass is 10.1. The summed E-state index contributed by atoms with van der Waals surface area (Å²) >= 11 is 5.56. The minimum Gasteiger partial charge on any atom is -0.464 e. The maximum Gasteiger partial charge on any atom is 0.136 e. The Kier molecular flexibility index (Phi) is 3.12. The van der Waals surface area contributed by atoms with Crippen molar-refractivity contribution >= 4 is 38.5 Å². The maximum atomic E-state index is 9.05. The zero-order chi connectivity index (χ0) is 10.8. The number of rotatable bonds is 1. The third-order valence-electron chi connectivity index (χ3n) is 1.94. The van der Waals surface area contributed by atoms with Crippen LogP contribution in [0.15, 0.2) is 39.4 Å². The van der Waals surface area contributed by atoms with E-state index in [1.807, 2.05) is 18.2 Å². The van der Waals surface area contributed by atoms with Gasteiger partial charge in [-0.05, 0) is 46.9 Å². The predicted octanol–water partition coefficient (Wildman–Crippen LogP) is 4.19. The van der Waals surface area contributed by atoms with E-state index >= 15 is 0 Å². The van der Waals surface area contributed by atoms with Crippen molar-refractivity contribution in [3.63, 3.8) is 0 Å². The van der Waals surface area contributed by atoms with Crippen molar-refractivity contribution in [3.05, 3.63) is 44.1 Å². The van der Waals surface area contributed by atoms with Crippen LogP contribution in [0.1, 0.15) is 5.56 Å². The molecule has 0 unspecified atom stereocenters. The molecule has 0 saturated heterocycles. The van der Waals surface area contributed by atoms with Gasteiger partial charge in [0.2, 0.25) is 0 Å². The van der Waals surface area contributed by atoms with E-state index in [-0.39, 0.29) is 0 Å². The Bertz CT molecular complexity index is 528. The van der Waals surface area contributed by atoms with Gasteiger partial charge in [0, 0.05) is 13.6 Å². The lowest BCUT2D eigenvalue weighted by molar-refractivity contribution is 0.582. The summed E-state index contributed by atoms with van der Waals surface area (Å²) in [5.41, 5.74) is 1.47. The molecule has 0 aliphatic carbocycles. The minimum atomic E-state index is 0.615. The quantitative estimate of drug-likeness (QED) is 0.703. The Labute approximate surface area is 109 Å². The third kappa shape index (κ3) is 2.08. The number of nitrogens with zero attached hydrogens (tertiary/aromatic N) is 1. The second kappa shape index (κ2) is 4.37. The lowest BCUT2D eigenvalue weighted by Gasteiger charge is -2.04. The molecule has 1 aromatic carbocycles. The van der Waals surface area contributed by atoms with E-state index < -0.39 is 0 Å². The summed E-state index contributed by atoms with van der Waals surface area (Å²) in [5.74, 6) is 0.725. The van der Waals surface area contributed by atoms with Crippen LogP contribution < -0.4 is 0 Å². The Morgan fingerprint density at radius 2 is 2.20 bits per heavy atom. The molecule has 0 aliphatic heterocycles. The van der Waals surface area contributed by atoms with E-state index in [1.165, 1.54) is 0 Å². The Morgan fingerprint density at radius 3 is 2.80 bits per heavy atom. The molecule has 2 rings (SSSR count). The fourth-order valence-electron chi connectivity index (χ4n) is 1.33. The second-order valence-corrected chi connectivity index (χ2v) is 4.98. The van der Waals surface area contributed by atoms with Crippen LogP contribution in [-0.2, 0) is 0 Å². The molecule has 0 amide bonds. The largest absolute Gasteiger partial charge is 0.464 e. The minimum absolute atomic E-state index is 0.615. The highest BCUT2D eigenvalue weighted by Gasteiger charge is 2.12. The van der Waals surface area contributed by atoms with Crippen LogP contribution in [0.25, 0.3) is 11.3 Å². The average Bonchev–Trinajstić information content (AvgIpc) is 2.69. The van der Waals surface area contributed by atoms with Crippen molar-refractivity contribution in [1.29, 1.82) is 5.26 Å². The van der Waals surface area contributed by atoms with Crippen LogP contribution in [0, 0.1) is 14.9 Å². The highest BCUT2D eigenvalue weighted by Crippen LogP contribution is 2.31. The van der Waals surface area contributed by atoms with Gasteiger partial charge in [-0.15, -0.1) is 0 Å². The molecule has 1 aromatic heterocycles. The SMILES string of the molecule is N#Cc1cc(Br)cc(I)c1-c1ccco1. The van der Waals surface area contributed by atoms with Crippen molar-refractivity contribution in [2.45, 2.75) is 0 Å². The molecule has 2 nitrogen and oxygen atoms in total. The van der Waals surface area contributed by atoms with E-state index in [0.29, 0.717) is 5.56 Å². The average molecular weight is 374 g/mol. The van der Waals surface area contributed by atoms with Crippen molar-refractivity contribution in [1.82, 2.24) is 0 Å².